The highest BCUT2D eigenvalue weighted by Crippen LogP contribution is 2.41. The molecule has 6 nitrogen and oxygen atoms in total. The summed E-state index contributed by atoms with van der Waals surface area (Å²) in [6.45, 7) is 1.74. The summed E-state index contributed by atoms with van der Waals surface area (Å²) in [6, 6.07) is 9.71. The lowest BCUT2D eigenvalue weighted by Crippen LogP contribution is -2.21. The molecule has 5 rings (SSSR count). The van der Waals surface area contributed by atoms with Gasteiger partial charge in [-0.3, -0.25) is 9.59 Å². The van der Waals surface area contributed by atoms with E-state index in [-0.39, 0.29) is 26.9 Å². The Morgan fingerprint density at radius 1 is 0.972 bits per heavy atom. The minimum Gasteiger partial charge on any atom is -0.341 e. The molecule has 0 spiro atoms. The molecule has 0 saturated heterocycles. The van der Waals surface area contributed by atoms with Crippen molar-refractivity contribution in [3.63, 3.8) is 0 Å². The van der Waals surface area contributed by atoms with E-state index in [1.54, 1.807) is 31.5 Å². The summed E-state index contributed by atoms with van der Waals surface area (Å²) in [4.78, 5) is 34.5. The molecule has 2 heterocycles. The van der Waals surface area contributed by atoms with E-state index in [0.717, 1.165) is 12.1 Å². The predicted octanol–water partition coefficient (Wildman–Crippen LogP) is 6.12. The van der Waals surface area contributed by atoms with E-state index in [2.05, 4.69) is 20.6 Å². The fraction of sp³-hybridized carbons (Fsp3) is 0.0769. The highest BCUT2D eigenvalue weighted by Gasteiger charge is 2.35. The van der Waals surface area contributed by atoms with Crippen molar-refractivity contribution in [1.29, 1.82) is 0 Å². The van der Waals surface area contributed by atoms with E-state index in [4.69, 9.17) is 23.2 Å². The normalized spacial score (nSPS) is 14.4. The number of fused-ring (bicyclic) bond motifs is 1. The van der Waals surface area contributed by atoms with Gasteiger partial charge in [0.1, 0.15) is 17.5 Å². The van der Waals surface area contributed by atoms with Crippen molar-refractivity contribution in [2.24, 2.45) is 0 Å². The minimum absolute atomic E-state index is 0.0181. The molecule has 4 aromatic rings. The number of aromatic nitrogens is 2. The second-order valence-corrected chi connectivity index (χ2v) is 9.03. The largest absolute Gasteiger partial charge is 0.341 e. The Hall–Kier alpha value is -3.88. The van der Waals surface area contributed by atoms with Crippen LogP contribution in [0, 0.1) is 18.6 Å². The zero-order chi connectivity index (χ0) is 25.6. The average Bonchev–Trinajstić information content (AvgIpc) is 3.17. The zero-order valence-corrected chi connectivity index (χ0v) is 20.1. The third-order valence-electron chi connectivity index (χ3n) is 5.75. The van der Waals surface area contributed by atoms with Crippen molar-refractivity contribution < 1.29 is 18.4 Å². The number of carbonyl (C=O) groups excluding carboxylic acids is 2. The molecule has 1 aliphatic rings. The van der Waals surface area contributed by atoms with E-state index < -0.39 is 29.5 Å². The van der Waals surface area contributed by atoms with Gasteiger partial charge < -0.3 is 10.6 Å². The van der Waals surface area contributed by atoms with Crippen LogP contribution in [0.2, 0.25) is 10.0 Å². The van der Waals surface area contributed by atoms with Gasteiger partial charge >= 0.3 is 0 Å². The molecule has 1 aromatic heterocycles. The SMILES string of the molecule is Cc1ncc(-c2cc(NC(=O)c3cc(F)cc(Cl)c3)c3c(c2)C(=O)N[C@H]3c2cc(F)ccc2Cl)cn1. The molecule has 0 saturated carbocycles. The second kappa shape index (κ2) is 9.29. The van der Waals surface area contributed by atoms with Gasteiger partial charge in [-0.2, -0.15) is 0 Å². The number of nitrogens with zero attached hydrogens (tertiary/aromatic N) is 2. The van der Waals surface area contributed by atoms with Crippen LogP contribution < -0.4 is 10.6 Å². The fourth-order valence-electron chi connectivity index (χ4n) is 4.09. The number of benzene rings is 3. The van der Waals surface area contributed by atoms with Crippen LogP contribution in [0.5, 0.6) is 0 Å². The van der Waals surface area contributed by atoms with Crippen molar-refractivity contribution in [1.82, 2.24) is 15.3 Å². The predicted molar refractivity (Wildman–Crippen MR) is 132 cm³/mol. The molecule has 1 aliphatic heterocycles. The average molecular weight is 525 g/mol. The van der Waals surface area contributed by atoms with Crippen LogP contribution in [-0.4, -0.2) is 21.8 Å². The molecule has 2 N–H and O–H groups in total. The molecule has 36 heavy (non-hydrogen) atoms. The summed E-state index contributed by atoms with van der Waals surface area (Å²) < 4.78 is 28.0. The van der Waals surface area contributed by atoms with Gasteiger partial charge in [-0.05, 0) is 61.0 Å². The monoisotopic (exact) mass is 524 g/mol. The number of rotatable bonds is 4. The topological polar surface area (TPSA) is 84.0 Å². The van der Waals surface area contributed by atoms with Crippen molar-refractivity contribution in [3.05, 3.63) is 111 Å². The van der Waals surface area contributed by atoms with Crippen LogP contribution in [0.3, 0.4) is 0 Å². The van der Waals surface area contributed by atoms with E-state index >= 15 is 0 Å². The highest BCUT2D eigenvalue weighted by molar-refractivity contribution is 6.31. The molecule has 180 valence electrons. The number of amides is 2. The summed E-state index contributed by atoms with van der Waals surface area (Å²) in [5, 5.41) is 5.85. The smallest absolute Gasteiger partial charge is 0.255 e. The fourth-order valence-corrected chi connectivity index (χ4v) is 4.54. The number of hydrogen-bond donors (Lipinski definition) is 2. The van der Waals surface area contributed by atoms with Gasteiger partial charge in [-0.1, -0.05) is 23.2 Å². The summed E-state index contributed by atoms with van der Waals surface area (Å²) in [7, 11) is 0. The third-order valence-corrected chi connectivity index (χ3v) is 6.31. The van der Waals surface area contributed by atoms with Crippen LogP contribution in [0.1, 0.15) is 43.7 Å². The standard InChI is InChI=1S/C26H16Cl2F2N4O2/c1-12-31-10-15(11-32-12)13-6-20-23(24(34-26(20)36)19-9-17(29)2-3-21(19)28)22(7-13)33-25(35)14-4-16(27)8-18(30)5-14/h2-11,24H,1H3,(H,33,35)(H,34,36)/t24-/m0/s1. The van der Waals surface area contributed by atoms with Gasteiger partial charge in [0, 0.05) is 55.9 Å². The highest BCUT2D eigenvalue weighted by atomic mass is 35.5. The zero-order valence-electron chi connectivity index (χ0n) is 18.6. The number of anilines is 1. The number of halogens is 4. The molecule has 0 bridgehead atoms. The molecule has 3 aromatic carbocycles. The van der Waals surface area contributed by atoms with Gasteiger partial charge in [-0.25, -0.2) is 18.7 Å². The molecule has 0 unspecified atom stereocenters. The Labute approximate surface area is 214 Å². The van der Waals surface area contributed by atoms with Gasteiger partial charge in [0.05, 0.1) is 6.04 Å². The maximum Gasteiger partial charge on any atom is 0.255 e. The Kier molecular flexibility index (Phi) is 6.15. The maximum atomic E-state index is 14.1. The first-order valence-corrected chi connectivity index (χ1v) is 11.5. The molecule has 2 amide bonds. The third kappa shape index (κ3) is 4.53. The van der Waals surface area contributed by atoms with Gasteiger partial charge in [0.2, 0.25) is 0 Å². The number of nitrogens with one attached hydrogen (secondary N) is 2. The molecular weight excluding hydrogens is 509 g/mol. The quantitative estimate of drug-likeness (QED) is 0.336. The van der Waals surface area contributed by atoms with E-state index in [9.17, 15) is 18.4 Å². The molecule has 0 fully saturated rings. The van der Waals surface area contributed by atoms with Crippen LogP contribution >= 0.6 is 23.2 Å². The summed E-state index contributed by atoms with van der Waals surface area (Å²) in [6.07, 6.45) is 3.19. The van der Waals surface area contributed by atoms with Crippen molar-refractivity contribution in [3.8, 4) is 11.1 Å². The van der Waals surface area contributed by atoms with Crippen molar-refractivity contribution in [2.45, 2.75) is 13.0 Å². The molecule has 10 heteroatoms. The van der Waals surface area contributed by atoms with Crippen LogP contribution in [-0.2, 0) is 0 Å². The molecule has 0 aliphatic carbocycles. The lowest BCUT2D eigenvalue weighted by Gasteiger charge is -2.19. The van der Waals surface area contributed by atoms with Crippen molar-refractivity contribution >= 4 is 40.7 Å². The molecular formula is C26H16Cl2F2N4O2. The number of hydrogen-bond acceptors (Lipinski definition) is 4. The van der Waals surface area contributed by atoms with Gasteiger partial charge in [0.15, 0.2) is 0 Å². The Balaban J connectivity index is 1.67. The van der Waals surface area contributed by atoms with Crippen LogP contribution in [0.25, 0.3) is 11.1 Å². The van der Waals surface area contributed by atoms with Gasteiger partial charge in [0.25, 0.3) is 11.8 Å². The lowest BCUT2D eigenvalue weighted by atomic mass is 9.93. The first-order valence-electron chi connectivity index (χ1n) is 10.7. The minimum atomic E-state index is -0.842. The van der Waals surface area contributed by atoms with Crippen molar-refractivity contribution in [2.75, 3.05) is 5.32 Å². The van der Waals surface area contributed by atoms with Crippen LogP contribution in [0.4, 0.5) is 14.5 Å². The Bertz CT molecular complexity index is 1520. The van der Waals surface area contributed by atoms with E-state index in [0.29, 0.717) is 28.1 Å². The number of carbonyl (C=O) groups is 2. The lowest BCUT2D eigenvalue weighted by molar-refractivity contribution is 0.0959. The van der Waals surface area contributed by atoms with Crippen LogP contribution in [0.15, 0.2) is 60.9 Å². The molecule has 0 radical (unpaired) electrons. The first-order chi connectivity index (χ1) is 17.2. The maximum absolute atomic E-state index is 14.1. The first kappa shape index (κ1) is 23.8. The Morgan fingerprint density at radius 3 is 2.44 bits per heavy atom. The van der Waals surface area contributed by atoms with Gasteiger partial charge in [-0.15, -0.1) is 0 Å². The Morgan fingerprint density at radius 2 is 1.72 bits per heavy atom. The summed E-state index contributed by atoms with van der Waals surface area (Å²) >= 11 is 12.3. The summed E-state index contributed by atoms with van der Waals surface area (Å²) in [5.41, 5.74) is 2.35. The van der Waals surface area contributed by atoms with E-state index in [1.165, 1.54) is 24.3 Å². The second-order valence-electron chi connectivity index (χ2n) is 8.19. The summed E-state index contributed by atoms with van der Waals surface area (Å²) in [5.74, 6) is -1.74. The van der Waals surface area contributed by atoms with E-state index in [1.807, 2.05) is 0 Å². The number of aryl methyl sites for hydroxylation is 1. The molecule has 1 atom stereocenters.